The van der Waals surface area contributed by atoms with Crippen LogP contribution in [-0.4, -0.2) is 98.7 Å². The molecule has 0 aliphatic carbocycles. The topological polar surface area (TPSA) is 210 Å². The summed E-state index contributed by atoms with van der Waals surface area (Å²) in [7, 11) is 3.31. The van der Waals surface area contributed by atoms with Crippen LogP contribution in [0.5, 0.6) is 11.5 Å². The number of nitrogens with zero attached hydrogens (tertiary/aromatic N) is 6. The number of likely N-dealkylation sites (tertiary alicyclic amines) is 1. The first-order valence-electron chi connectivity index (χ1n) is 24.7. The lowest BCUT2D eigenvalue weighted by atomic mass is 9.88. The van der Waals surface area contributed by atoms with Gasteiger partial charge in [0, 0.05) is 49.1 Å². The Balaban J connectivity index is 0.727. The number of methoxy groups -OCH3 is 1. The van der Waals surface area contributed by atoms with Gasteiger partial charge in [-0.15, -0.1) is 0 Å². The van der Waals surface area contributed by atoms with E-state index in [0.717, 1.165) is 70.1 Å². The Labute approximate surface area is 425 Å². The molecule has 0 spiro atoms. The zero-order valence-corrected chi connectivity index (χ0v) is 42.0. The van der Waals surface area contributed by atoms with Crippen molar-refractivity contribution in [3.8, 4) is 22.6 Å². The van der Waals surface area contributed by atoms with Crippen LogP contribution in [0.3, 0.4) is 0 Å². The highest BCUT2D eigenvalue weighted by molar-refractivity contribution is 7.22. The van der Waals surface area contributed by atoms with Crippen molar-refractivity contribution in [2.24, 2.45) is 13.0 Å². The van der Waals surface area contributed by atoms with Crippen molar-refractivity contribution in [2.75, 3.05) is 48.9 Å². The molecule has 73 heavy (non-hydrogen) atoms. The van der Waals surface area contributed by atoms with Crippen LogP contribution in [0.4, 0.5) is 16.6 Å². The quantitative estimate of drug-likeness (QED) is 0.0562. The molecule has 6 heterocycles. The number of hydrogen-bond donors (Lipinski definition) is 4. The summed E-state index contributed by atoms with van der Waals surface area (Å²) in [6.45, 7) is 6.60. The highest BCUT2D eigenvalue weighted by Gasteiger charge is 2.33. The van der Waals surface area contributed by atoms with Gasteiger partial charge in [0.05, 0.1) is 47.8 Å². The van der Waals surface area contributed by atoms with E-state index in [1.807, 2.05) is 90.7 Å². The molecule has 4 amide bonds. The van der Waals surface area contributed by atoms with E-state index in [2.05, 4.69) is 37.9 Å². The highest BCUT2D eigenvalue weighted by Crippen LogP contribution is 2.40. The average molecular weight is 1000 g/mol. The van der Waals surface area contributed by atoms with E-state index >= 15 is 0 Å². The number of aryl methyl sites for hydroxylation is 1. The molecule has 376 valence electrons. The van der Waals surface area contributed by atoms with E-state index in [1.165, 1.54) is 18.4 Å². The second-order valence-electron chi connectivity index (χ2n) is 19.2. The van der Waals surface area contributed by atoms with Gasteiger partial charge in [-0.05, 0) is 136 Å². The number of carboxylic acids is 1. The van der Waals surface area contributed by atoms with Gasteiger partial charge in [-0.1, -0.05) is 47.7 Å². The average Bonchev–Trinajstić information content (AvgIpc) is 3.95. The number of thiazole rings is 1. The lowest BCUT2D eigenvalue weighted by Gasteiger charge is -2.37. The Hall–Kier alpha value is -7.70. The molecule has 10 rings (SSSR count). The Morgan fingerprint density at radius 1 is 0.918 bits per heavy atom. The Morgan fingerprint density at radius 3 is 2.55 bits per heavy atom. The minimum atomic E-state index is -1.14. The maximum Gasteiger partial charge on any atom is 0.355 e. The van der Waals surface area contributed by atoms with Crippen molar-refractivity contribution in [3.05, 3.63) is 119 Å². The Bertz CT molecular complexity index is 3280. The fourth-order valence-corrected chi connectivity index (χ4v) is 11.6. The van der Waals surface area contributed by atoms with Crippen molar-refractivity contribution in [3.63, 3.8) is 0 Å². The van der Waals surface area contributed by atoms with Crippen LogP contribution in [0, 0.1) is 12.8 Å². The van der Waals surface area contributed by atoms with Gasteiger partial charge in [0.1, 0.15) is 17.1 Å². The number of aromatic nitrogens is 4. The largest absolute Gasteiger partial charge is 0.493 e. The van der Waals surface area contributed by atoms with E-state index in [0.29, 0.717) is 88.9 Å². The summed E-state index contributed by atoms with van der Waals surface area (Å²) in [6.07, 6.45) is 4.99. The molecule has 3 aliphatic rings. The van der Waals surface area contributed by atoms with Gasteiger partial charge in [-0.3, -0.25) is 39.4 Å². The zero-order chi connectivity index (χ0) is 50.9. The van der Waals surface area contributed by atoms with Crippen LogP contribution >= 0.6 is 11.3 Å². The van der Waals surface area contributed by atoms with Crippen LogP contribution in [-0.2, 0) is 34.4 Å². The molecule has 4 aromatic carbocycles. The lowest BCUT2D eigenvalue weighted by Crippen LogP contribution is -2.44. The third kappa shape index (κ3) is 10.1. The second-order valence-corrected chi connectivity index (χ2v) is 20.2. The van der Waals surface area contributed by atoms with Crippen LogP contribution in [0.25, 0.3) is 32.2 Å². The van der Waals surface area contributed by atoms with E-state index < -0.39 is 11.9 Å². The number of piperidine rings is 2. The molecule has 7 aromatic rings. The summed E-state index contributed by atoms with van der Waals surface area (Å²) in [5.41, 5.74) is 7.05. The van der Waals surface area contributed by atoms with Gasteiger partial charge in [-0.25, -0.2) is 14.8 Å². The van der Waals surface area contributed by atoms with Crippen molar-refractivity contribution >= 4 is 78.7 Å². The summed E-state index contributed by atoms with van der Waals surface area (Å²) in [5, 5.41) is 24.8. The van der Waals surface area contributed by atoms with Gasteiger partial charge in [0.2, 0.25) is 17.7 Å². The van der Waals surface area contributed by atoms with Crippen molar-refractivity contribution < 1.29 is 38.6 Å². The zero-order valence-electron chi connectivity index (χ0n) is 41.2. The molecule has 0 radical (unpaired) electrons. The number of fused-ring (bicyclic) bond motifs is 3. The normalized spacial score (nSPS) is 18.1. The standard InChI is InChI=1S/C55H57N9O8S/c1-31-28-33(23-25-63(31)30-47(66)56-42-20-17-38-48(39-19-22-46(65)59-53(39)68)61-62(3)50(38)51(42)71-4)10-9-27-72-43-15-8-12-35(32(43)2)36-18-21-45(58-49(36)54(69)70)64-26-24-34-11-7-13-37(40(34)29-64)52(67)60-55-57-41-14-5-6-16-44(41)73-55/h5-8,11-18,20-21,31,33,39H,9-10,19,22-30H2,1-4H3,(H,56,66)(H,69,70)(H,57,60,67)(H,59,65,68)/t31-,33-,39?/m0/s1. The number of hydrogen-bond acceptors (Lipinski definition) is 13. The summed E-state index contributed by atoms with van der Waals surface area (Å²) in [6, 6.07) is 26.6. The summed E-state index contributed by atoms with van der Waals surface area (Å²) in [5.74, 6) is -0.616. The summed E-state index contributed by atoms with van der Waals surface area (Å²) in [4.78, 5) is 78.0. The maximum absolute atomic E-state index is 13.7. The number of benzene rings is 4. The van der Waals surface area contributed by atoms with Gasteiger partial charge >= 0.3 is 5.97 Å². The molecule has 3 atom stereocenters. The third-order valence-electron chi connectivity index (χ3n) is 14.5. The van der Waals surface area contributed by atoms with Crippen LogP contribution < -0.4 is 30.3 Å². The second kappa shape index (κ2) is 20.8. The molecular formula is C55H57N9O8S. The van der Waals surface area contributed by atoms with Crippen LogP contribution in [0.15, 0.2) is 84.9 Å². The van der Waals surface area contributed by atoms with Crippen molar-refractivity contribution in [1.82, 2.24) is 30.0 Å². The molecule has 0 saturated carbocycles. The first kappa shape index (κ1) is 48.9. The molecule has 1 unspecified atom stereocenters. The minimum Gasteiger partial charge on any atom is -0.493 e. The molecule has 2 saturated heterocycles. The molecule has 3 aromatic heterocycles. The monoisotopic (exact) mass is 1000 g/mol. The number of carbonyl (C=O) groups is 5. The molecule has 3 aliphatic heterocycles. The van der Waals surface area contributed by atoms with Crippen molar-refractivity contribution in [2.45, 2.75) is 77.3 Å². The number of amides is 4. The molecule has 17 nitrogen and oxygen atoms in total. The van der Waals surface area contributed by atoms with Gasteiger partial charge in [0.25, 0.3) is 5.91 Å². The summed E-state index contributed by atoms with van der Waals surface area (Å²) >= 11 is 1.42. The lowest BCUT2D eigenvalue weighted by molar-refractivity contribution is -0.134. The number of aromatic carboxylic acids is 1. The number of carbonyl (C=O) groups excluding carboxylic acids is 4. The van der Waals surface area contributed by atoms with Gasteiger partial charge < -0.3 is 24.8 Å². The van der Waals surface area contributed by atoms with E-state index in [-0.39, 0.29) is 48.3 Å². The molecular weight excluding hydrogens is 947 g/mol. The highest BCUT2D eigenvalue weighted by atomic mass is 32.1. The molecule has 2 fully saturated rings. The minimum absolute atomic E-state index is 0.0589. The molecule has 0 bridgehead atoms. The van der Waals surface area contributed by atoms with E-state index in [9.17, 15) is 29.1 Å². The fourth-order valence-electron chi connectivity index (χ4n) is 10.8. The van der Waals surface area contributed by atoms with Crippen LogP contribution in [0.1, 0.15) is 94.6 Å². The number of carboxylic acid groups (broad SMARTS) is 1. The predicted molar refractivity (Wildman–Crippen MR) is 280 cm³/mol. The predicted octanol–water partition coefficient (Wildman–Crippen LogP) is 8.49. The summed E-state index contributed by atoms with van der Waals surface area (Å²) < 4.78 is 14.8. The maximum atomic E-state index is 13.7. The van der Waals surface area contributed by atoms with Crippen molar-refractivity contribution in [1.29, 1.82) is 0 Å². The number of anilines is 3. The van der Waals surface area contributed by atoms with E-state index in [4.69, 9.17) is 14.5 Å². The smallest absolute Gasteiger partial charge is 0.355 e. The number of pyridine rings is 1. The van der Waals surface area contributed by atoms with E-state index in [1.54, 1.807) is 17.8 Å². The first-order valence-corrected chi connectivity index (χ1v) is 25.6. The number of para-hydroxylation sites is 1. The van der Waals surface area contributed by atoms with Crippen LogP contribution in [0.2, 0.25) is 0 Å². The molecule has 4 N–H and O–H groups in total. The molecule has 18 heteroatoms. The number of rotatable bonds is 15. The van der Waals surface area contributed by atoms with Gasteiger partial charge in [0.15, 0.2) is 16.6 Å². The number of nitrogens with one attached hydrogen (secondary N) is 3. The number of imide groups is 1. The number of ether oxygens (including phenoxy) is 2. The Morgan fingerprint density at radius 2 is 1.75 bits per heavy atom. The SMILES string of the molecule is COc1c(NC(=O)CN2CC[C@H](CCCOc3cccc(-c4ccc(N5CCc6cccc(C(=O)Nc7nc8ccccc8s7)c6C5)nc4C(=O)O)c3C)C[C@@H]2C)ccc2c(C3CCC(=O)NC3=O)nn(C)c12. The van der Waals surface area contributed by atoms with Gasteiger partial charge in [-0.2, -0.15) is 5.10 Å². The third-order valence-corrected chi connectivity index (χ3v) is 15.5. The first-order chi connectivity index (χ1) is 35.3. The fraction of sp³-hybridized carbons (Fsp3) is 0.345. The Kier molecular flexibility index (Phi) is 13.9.